The SMILES string of the molecule is O=C(NCC1=CCNCC1)c1csc(-c2cccc([N+](=O)[O-])c2)n1. The van der Waals surface area contributed by atoms with Gasteiger partial charge in [0.05, 0.1) is 4.92 Å². The number of hydrogen-bond acceptors (Lipinski definition) is 6. The molecule has 2 N–H and O–H groups in total. The van der Waals surface area contributed by atoms with Crippen molar-refractivity contribution in [3.8, 4) is 10.6 Å². The highest BCUT2D eigenvalue weighted by molar-refractivity contribution is 7.13. The molecule has 1 aliphatic heterocycles. The lowest BCUT2D eigenvalue weighted by molar-refractivity contribution is -0.384. The van der Waals surface area contributed by atoms with Gasteiger partial charge in [-0.1, -0.05) is 23.8 Å². The minimum Gasteiger partial charge on any atom is -0.347 e. The third-order valence-corrected chi connectivity index (χ3v) is 4.57. The number of thiazole rings is 1. The van der Waals surface area contributed by atoms with Gasteiger partial charge in [-0.05, 0) is 13.0 Å². The van der Waals surface area contributed by atoms with E-state index in [1.54, 1.807) is 17.5 Å². The Morgan fingerprint density at radius 2 is 2.33 bits per heavy atom. The fourth-order valence-electron chi connectivity index (χ4n) is 2.38. The lowest BCUT2D eigenvalue weighted by Crippen LogP contribution is -2.29. The molecule has 0 unspecified atom stereocenters. The van der Waals surface area contributed by atoms with Crippen molar-refractivity contribution in [2.75, 3.05) is 19.6 Å². The molecule has 0 fully saturated rings. The molecule has 8 heteroatoms. The number of benzene rings is 1. The summed E-state index contributed by atoms with van der Waals surface area (Å²) in [7, 11) is 0. The van der Waals surface area contributed by atoms with Crippen molar-refractivity contribution >= 4 is 22.9 Å². The Bertz CT molecular complexity index is 800. The summed E-state index contributed by atoms with van der Waals surface area (Å²) in [6, 6.07) is 6.24. The van der Waals surface area contributed by atoms with Crippen molar-refractivity contribution in [3.63, 3.8) is 0 Å². The molecule has 1 aromatic carbocycles. The van der Waals surface area contributed by atoms with E-state index in [4.69, 9.17) is 0 Å². The molecular formula is C16H16N4O3S. The molecule has 0 saturated heterocycles. The average molecular weight is 344 g/mol. The van der Waals surface area contributed by atoms with Gasteiger partial charge in [0.1, 0.15) is 10.7 Å². The number of amides is 1. The van der Waals surface area contributed by atoms with Crippen LogP contribution in [0.5, 0.6) is 0 Å². The van der Waals surface area contributed by atoms with Gasteiger partial charge < -0.3 is 10.6 Å². The minimum absolute atomic E-state index is 0.00606. The second-order valence-electron chi connectivity index (χ2n) is 5.34. The molecule has 1 amide bonds. The summed E-state index contributed by atoms with van der Waals surface area (Å²) in [5.74, 6) is -0.234. The van der Waals surface area contributed by atoms with Crippen LogP contribution in [0, 0.1) is 10.1 Å². The summed E-state index contributed by atoms with van der Waals surface area (Å²) in [5, 5.41) is 19.2. The highest BCUT2D eigenvalue weighted by Gasteiger charge is 2.14. The Hall–Kier alpha value is -2.58. The van der Waals surface area contributed by atoms with E-state index in [0.29, 0.717) is 22.8 Å². The zero-order chi connectivity index (χ0) is 16.9. The summed E-state index contributed by atoms with van der Waals surface area (Å²) in [6.45, 7) is 2.28. The first-order valence-corrected chi connectivity index (χ1v) is 8.38. The van der Waals surface area contributed by atoms with Gasteiger partial charge in [0.15, 0.2) is 0 Å². The van der Waals surface area contributed by atoms with Crippen molar-refractivity contribution in [1.82, 2.24) is 15.6 Å². The van der Waals surface area contributed by atoms with Gasteiger partial charge in [-0.2, -0.15) is 0 Å². The summed E-state index contributed by atoms with van der Waals surface area (Å²) in [5.41, 5.74) is 2.17. The van der Waals surface area contributed by atoms with Gasteiger partial charge in [-0.25, -0.2) is 4.98 Å². The normalized spacial score (nSPS) is 14.1. The smallest absolute Gasteiger partial charge is 0.271 e. The van der Waals surface area contributed by atoms with Gasteiger partial charge in [0.2, 0.25) is 0 Å². The van der Waals surface area contributed by atoms with Crippen molar-refractivity contribution in [3.05, 3.63) is 57.1 Å². The van der Waals surface area contributed by atoms with Gasteiger partial charge in [-0.3, -0.25) is 14.9 Å². The van der Waals surface area contributed by atoms with Crippen LogP contribution in [0.1, 0.15) is 16.9 Å². The fourth-order valence-corrected chi connectivity index (χ4v) is 3.17. The first-order chi connectivity index (χ1) is 11.6. The van der Waals surface area contributed by atoms with E-state index in [1.807, 2.05) is 0 Å². The molecule has 2 aromatic rings. The maximum atomic E-state index is 12.2. The van der Waals surface area contributed by atoms with Crippen LogP contribution in [0.2, 0.25) is 0 Å². The first kappa shape index (κ1) is 16.3. The van der Waals surface area contributed by atoms with E-state index in [1.165, 1.54) is 29.0 Å². The number of carbonyl (C=O) groups excluding carboxylic acids is 1. The lowest BCUT2D eigenvalue weighted by Gasteiger charge is -2.14. The number of non-ortho nitro benzene ring substituents is 1. The number of rotatable bonds is 5. The van der Waals surface area contributed by atoms with Crippen LogP contribution >= 0.6 is 11.3 Å². The van der Waals surface area contributed by atoms with E-state index in [0.717, 1.165) is 19.5 Å². The third kappa shape index (κ3) is 3.84. The van der Waals surface area contributed by atoms with E-state index >= 15 is 0 Å². The van der Waals surface area contributed by atoms with Crippen LogP contribution in [-0.4, -0.2) is 35.4 Å². The summed E-state index contributed by atoms with van der Waals surface area (Å²) < 4.78 is 0. The number of nitro benzene ring substituents is 1. The van der Waals surface area contributed by atoms with Crippen molar-refractivity contribution in [2.24, 2.45) is 0 Å². The van der Waals surface area contributed by atoms with E-state index < -0.39 is 4.92 Å². The van der Waals surface area contributed by atoms with Gasteiger partial charge in [0, 0.05) is 36.2 Å². The van der Waals surface area contributed by atoms with Gasteiger partial charge >= 0.3 is 0 Å². The Morgan fingerprint density at radius 3 is 3.08 bits per heavy atom. The number of hydrogen-bond donors (Lipinski definition) is 2. The maximum Gasteiger partial charge on any atom is 0.271 e. The monoisotopic (exact) mass is 344 g/mol. The number of carbonyl (C=O) groups is 1. The van der Waals surface area contributed by atoms with E-state index in [9.17, 15) is 14.9 Å². The molecule has 2 heterocycles. The van der Waals surface area contributed by atoms with E-state index in [-0.39, 0.29) is 11.6 Å². The van der Waals surface area contributed by atoms with E-state index in [2.05, 4.69) is 21.7 Å². The number of nitrogens with one attached hydrogen (secondary N) is 2. The molecule has 3 rings (SSSR count). The summed E-state index contributed by atoms with van der Waals surface area (Å²) >= 11 is 1.29. The maximum absolute atomic E-state index is 12.2. The van der Waals surface area contributed by atoms with Crippen molar-refractivity contribution in [1.29, 1.82) is 0 Å². The van der Waals surface area contributed by atoms with Crippen LogP contribution in [0.15, 0.2) is 41.3 Å². The van der Waals surface area contributed by atoms with Crippen molar-refractivity contribution in [2.45, 2.75) is 6.42 Å². The molecule has 1 aliphatic rings. The summed E-state index contributed by atoms with van der Waals surface area (Å²) in [4.78, 5) is 26.9. The zero-order valence-electron chi connectivity index (χ0n) is 12.8. The Kier molecular flexibility index (Phi) is 4.97. The highest BCUT2D eigenvalue weighted by Crippen LogP contribution is 2.26. The third-order valence-electron chi connectivity index (χ3n) is 3.67. The Labute approximate surface area is 142 Å². The molecule has 0 spiro atoms. The number of nitrogens with zero attached hydrogens (tertiary/aromatic N) is 2. The predicted octanol–water partition coefficient (Wildman–Crippen LogP) is 2.37. The van der Waals surface area contributed by atoms with Crippen molar-refractivity contribution < 1.29 is 9.72 Å². The molecule has 0 bridgehead atoms. The number of nitro groups is 1. The van der Waals surface area contributed by atoms with Crippen LogP contribution in [0.3, 0.4) is 0 Å². The second-order valence-corrected chi connectivity index (χ2v) is 6.20. The molecule has 0 aliphatic carbocycles. The van der Waals surface area contributed by atoms with Crippen LogP contribution in [-0.2, 0) is 0 Å². The highest BCUT2D eigenvalue weighted by atomic mass is 32.1. The van der Waals surface area contributed by atoms with Gasteiger partial charge in [-0.15, -0.1) is 11.3 Å². The molecule has 7 nitrogen and oxygen atoms in total. The standard InChI is InChI=1S/C16H16N4O3S/c21-15(18-9-11-4-6-17-7-5-11)14-10-24-16(19-14)12-2-1-3-13(8-12)20(22)23/h1-4,8,10,17H,5-7,9H2,(H,18,21). The molecule has 0 atom stereocenters. The number of aromatic nitrogens is 1. The molecule has 1 aromatic heterocycles. The summed E-state index contributed by atoms with van der Waals surface area (Å²) in [6.07, 6.45) is 3.01. The Morgan fingerprint density at radius 1 is 1.46 bits per heavy atom. The fraction of sp³-hybridized carbons (Fsp3) is 0.250. The molecular weight excluding hydrogens is 328 g/mol. The van der Waals surface area contributed by atoms with Crippen LogP contribution in [0.4, 0.5) is 5.69 Å². The zero-order valence-corrected chi connectivity index (χ0v) is 13.6. The second kappa shape index (κ2) is 7.33. The molecule has 124 valence electrons. The molecule has 0 saturated carbocycles. The topological polar surface area (TPSA) is 97.2 Å². The molecule has 24 heavy (non-hydrogen) atoms. The quantitative estimate of drug-likeness (QED) is 0.493. The van der Waals surface area contributed by atoms with Gasteiger partial charge in [0.25, 0.3) is 11.6 Å². The molecule has 0 radical (unpaired) electrons. The lowest BCUT2D eigenvalue weighted by atomic mass is 10.1. The predicted molar refractivity (Wildman–Crippen MR) is 92.1 cm³/mol. The minimum atomic E-state index is -0.447. The average Bonchev–Trinajstić information content (AvgIpc) is 3.11. The Balaban J connectivity index is 1.68. The first-order valence-electron chi connectivity index (χ1n) is 7.50. The van der Waals surface area contributed by atoms with Crippen LogP contribution < -0.4 is 10.6 Å². The largest absolute Gasteiger partial charge is 0.347 e. The van der Waals surface area contributed by atoms with Crippen LogP contribution in [0.25, 0.3) is 10.6 Å².